The molecule has 2 nitrogen and oxygen atoms in total. The van der Waals surface area contributed by atoms with E-state index in [0.29, 0.717) is 3.57 Å². The standard InChI is InChI=1S/C13H10F3IN2/c1-6-2-3-7(14)13(12(6)16)19-11-4-8(15)9(17)5-10(11)18/h2-5,19H,18H2,1H3. The number of nitrogen functional groups attached to an aromatic ring is 1. The van der Waals surface area contributed by atoms with Crippen LogP contribution in [0.15, 0.2) is 24.3 Å². The van der Waals surface area contributed by atoms with Gasteiger partial charge in [0.15, 0.2) is 5.82 Å². The lowest BCUT2D eigenvalue weighted by atomic mass is 10.2. The van der Waals surface area contributed by atoms with Gasteiger partial charge < -0.3 is 11.1 Å². The highest BCUT2D eigenvalue weighted by molar-refractivity contribution is 14.1. The molecule has 0 spiro atoms. The molecule has 0 atom stereocenters. The summed E-state index contributed by atoms with van der Waals surface area (Å²) < 4.78 is 41.2. The normalized spacial score (nSPS) is 10.6. The third kappa shape index (κ3) is 2.78. The van der Waals surface area contributed by atoms with Crippen LogP contribution in [-0.2, 0) is 0 Å². The molecule has 2 rings (SSSR count). The van der Waals surface area contributed by atoms with E-state index in [1.165, 1.54) is 19.1 Å². The largest absolute Gasteiger partial charge is 0.397 e. The van der Waals surface area contributed by atoms with Crippen molar-refractivity contribution in [1.29, 1.82) is 0 Å². The summed E-state index contributed by atoms with van der Waals surface area (Å²) in [6.45, 7) is 1.51. The van der Waals surface area contributed by atoms with Crippen LogP contribution >= 0.6 is 22.6 Å². The van der Waals surface area contributed by atoms with E-state index in [-0.39, 0.29) is 22.6 Å². The Balaban J connectivity index is 2.48. The van der Waals surface area contributed by atoms with Crippen LogP contribution in [0.5, 0.6) is 0 Å². The average Bonchev–Trinajstić information content (AvgIpc) is 2.36. The van der Waals surface area contributed by atoms with Crippen molar-refractivity contribution in [3.05, 3.63) is 50.9 Å². The highest BCUT2D eigenvalue weighted by atomic mass is 127. The van der Waals surface area contributed by atoms with Gasteiger partial charge >= 0.3 is 0 Å². The predicted molar refractivity (Wildman–Crippen MR) is 77.9 cm³/mol. The van der Waals surface area contributed by atoms with Crippen LogP contribution in [0.1, 0.15) is 5.56 Å². The molecule has 0 fully saturated rings. The summed E-state index contributed by atoms with van der Waals surface area (Å²) in [5.41, 5.74) is 5.98. The number of nitrogens with one attached hydrogen (secondary N) is 1. The number of benzene rings is 2. The van der Waals surface area contributed by atoms with E-state index in [0.717, 1.165) is 12.1 Å². The zero-order valence-corrected chi connectivity index (χ0v) is 12.1. The molecule has 2 aromatic rings. The minimum Gasteiger partial charge on any atom is -0.397 e. The van der Waals surface area contributed by atoms with E-state index in [1.54, 1.807) is 22.6 Å². The Morgan fingerprint density at radius 2 is 1.79 bits per heavy atom. The first-order valence-electron chi connectivity index (χ1n) is 5.36. The number of nitrogens with two attached hydrogens (primary N) is 1. The Labute approximate surface area is 122 Å². The summed E-state index contributed by atoms with van der Waals surface area (Å²) in [5.74, 6) is -1.99. The minimum absolute atomic E-state index is 0.126. The summed E-state index contributed by atoms with van der Waals surface area (Å²) in [5, 5.41) is 2.50. The van der Waals surface area contributed by atoms with Gasteiger partial charge in [0.25, 0.3) is 0 Å². The molecule has 0 bridgehead atoms. The van der Waals surface area contributed by atoms with Gasteiger partial charge in [-0.05, 0) is 47.2 Å². The van der Waals surface area contributed by atoms with E-state index >= 15 is 0 Å². The number of anilines is 3. The first-order valence-corrected chi connectivity index (χ1v) is 6.44. The maximum Gasteiger partial charge on any atom is 0.152 e. The second-order valence-corrected chi connectivity index (χ2v) is 5.19. The highest BCUT2D eigenvalue weighted by Crippen LogP contribution is 2.30. The Morgan fingerprint density at radius 1 is 1.11 bits per heavy atom. The molecule has 6 heteroatoms. The van der Waals surface area contributed by atoms with Gasteiger partial charge in [-0.15, -0.1) is 0 Å². The second-order valence-electron chi connectivity index (χ2n) is 4.03. The number of halogens is 4. The second kappa shape index (κ2) is 5.28. The predicted octanol–water partition coefficient (Wildman–Crippen LogP) is 4.34. The van der Waals surface area contributed by atoms with Gasteiger partial charge in [0.2, 0.25) is 0 Å². The summed E-state index contributed by atoms with van der Waals surface area (Å²) in [4.78, 5) is 0. The van der Waals surface area contributed by atoms with Crippen LogP contribution < -0.4 is 11.1 Å². The highest BCUT2D eigenvalue weighted by Gasteiger charge is 2.14. The van der Waals surface area contributed by atoms with Crippen LogP contribution in [0.4, 0.5) is 30.2 Å². The van der Waals surface area contributed by atoms with Crippen molar-refractivity contribution in [2.45, 2.75) is 6.92 Å². The molecule has 0 radical (unpaired) electrons. The topological polar surface area (TPSA) is 38.0 Å². The van der Waals surface area contributed by atoms with Crippen LogP contribution in [0.25, 0.3) is 0 Å². The smallest absolute Gasteiger partial charge is 0.152 e. The number of hydrogen-bond donors (Lipinski definition) is 2. The van der Waals surface area contributed by atoms with Crippen LogP contribution in [0.3, 0.4) is 0 Å². The first kappa shape index (κ1) is 14.0. The Bertz CT molecular complexity index is 644. The summed E-state index contributed by atoms with van der Waals surface area (Å²) in [6, 6.07) is 4.97. The molecule has 0 aliphatic carbocycles. The fraction of sp³-hybridized carbons (Fsp3) is 0.0769. The molecule has 0 amide bonds. The molecular formula is C13H10F3IN2. The Kier molecular flexibility index (Phi) is 3.88. The molecule has 2 aromatic carbocycles. The molecule has 3 N–H and O–H groups in total. The van der Waals surface area contributed by atoms with Gasteiger partial charge in [-0.1, -0.05) is 6.07 Å². The molecule has 0 heterocycles. The Hall–Kier alpha value is -1.44. The van der Waals surface area contributed by atoms with Gasteiger partial charge in [0, 0.05) is 6.07 Å². The zero-order valence-electron chi connectivity index (χ0n) is 9.90. The lowest BCUT2D eigenvalue weighted by Gasteiger charge is -2.13. The number of aryl methyl sites for hydroxylation is 1. The first-order chi connectivity index (χ1) is 8.90. The molecule has 0 saturated heterocycles. The van der Waals surface area contributed by atoms with Gasteiger partial charge in [-0.2, -0.15) is 0 Å². The van der Waals surface area contributed by atoms with Crippen molar-refractivity contribution >= 4 is 39.7 Å². The van der Waals surface area contributed by atoms with Crippen LogP contribution in [0, 0.1) is 27.9 Å². The van der Waals surface area contributed by atoms with E-state index in [4.69, 9.17) is 5.73 Å². The molecule has 19 heavy (non-hydrogen) atoms. The lowest BCUT2D eigenvalue weighted by molar-refractivity contribution is 0.584. The summed E-state index contributed by atoms with van der Waals surface area (Å²) in [7, 11) is 0. The van der Waals surface area contributed by atoms with Gasteiger partial charge in [-0.25, -0.2) is 13.2 Å². The molecule has 100 valence electrons. The van der Waals surface area contributed by atoms with Crippen molar-refractivity contribution < 1.29 is 13.2 Å². The van der Waals surface area contributed by atoms with Crippen LogP contribution in [-0.4, -0.2) is 0 Å². The fourth-order valence-electron chi connectivity index (χ4n) is 1.58. The quantitative estimate of drug-likeness (QED) is 0.603. The lowest BCUT2D eigenvalue weighted by Crippen LogP contribution is -2.03. The maximum absolute atomic E-state index is 13.8. The minimum atomic E-state index is -0.763. The van der Waals surface area contributed by atoms with Crippen molar-refractivity contribution in [3.63, 3.8) is 0 Å². The number of hydrogen-bond acceptors (Lipinski definition) is 2. The molecule has 0 aliphatic rings. The SMILES string of the molecule is Cc1ccc(F)c(Nc2cc(F)c(I)cc2N)c1F. The molecule has 0 aromatic heterocycles. The van der Waals surface area contributed by atoms with Crippen molar-refractivity contribution in [2.24, 2.45) is 0 Å². The maximum atomic E-state index is 13.8. The van der Waals surface area contributed by atoms with E-state index in [2.05, 4.69) is 5.32 Å². The third-order valence-electron chi connectivity index (χ3n) is 2.64. The molecule has 0 saturated carbocycles. The van der Waals surface area contributed by atoms with E-state index < -0.39 is 17.5 Å². The van der Waals surface area contributed by atoms with E-state index in [9.17, 15) is 13.2 Å². The van der Waals surface area contributed by atoms with Gasteiger partial charge in [-0.3, -0.25) is 0 Å². The van der Waals surface area contributed by atoms with Crippen molar-refractivity contribution in [2.75, 3.05) is 11.1 Å². The fourth-order valence-corrected chi connectivity index (χ4v) is 2.07. The third-order valence-corrected chi connectivity index (χ3v) is 3.46. The Morgan fingerprint density at radius 3 is 2.47 bits per heavy atom. The zero-order chi connectivity index (χ0) is 14.2. The monoisotopic (exact) mass is 378 g/mol. The van der Waals surface area contributed by atoms with Gasteiger partial charge in [0.1, 0.15) is 17.3 Å². The van der Waals surface area contributed by atoms with Crippen LogP contribution in [0.2, 0.25) is 0 Å². The summed E-state index contributed by atoms with van der Waals surface area (Å²) in [6.07, 6.45) is 0. The van der Waals surface area contributed by atoms with Gasteiger partial charge in [0.05, 0.1) is 14.9 Å². The average molecular weight is 378 g/mol. The summed E-state index contributed by atoms with van der Waals surface area (Å²) >= 11 is 1.79. The van der Waals surface area contributed by atoms with Crippen molar-refractivity contribution in [1.82, 2.24) is 0 Å². The molecule has 0 unspecified atom stereocenters. The van der Waals surface area contributed by atoms with E-state index in [1.807, 2.05) is 0 Å². The molecule has 0 aliphatic heterocycles. The van der Waals surface area contributed by atoms with Crippen molar-refractivity contribution in [3.8, 4) is 0 Å². The molecular weight excluding hydrogens is 368 g/mol. The number of rotatable bonds is 2.